The van der Waals surface area contributed by atoms with Gasteiger partial charge in [0.15, 0.2) is 0 Å². The number of carbonyl (C=O) groups is 2. The third kappa shape index (κ3) is 5.93. The van der Waals surface area contributed by atoms with Gasteiger partial charge in [0.05, 0.1) is 5.56 Å². The molecular formula is C22H20ClN3O2. The molecule has 5 nitrogen and oxygen atoms in total. The molecule has 0 aliphatic heterocycles. The summed E-state index contributed by atoms with van der Waals surface area (Å²) in [4.78, 5) is 28.1. The highest BCUT2D eigenvalue weighted by molar-refractivity contribution is 6.30. The molecular weight excluding hydrogens is 374 g/mol. The monoisotopic (exact) mass is 393 g/mol. The van der Waals surface area contributed by atoms with E-state index in [0.717, 1.165) is 11.1 Å². The van der Waals surface area contributed by atoms with Crippen LogP contribution in [-0.2, 0) is 17.8 Å². The molecule has 0 saturated heterocycles. The number of anilines is 1. The predicted molar refractivity (Wildman–Crippen MR) is 110 cm³/mol. The number of hydrogen-bond donors (Lipinski definition) is 2. The number of pyridine rings is 1. The van der Waals surface area contributed by atoms with Gasteiger partial charge in [0, 0.05) is 36.1 Å². The molecule has 0 saturated carbocycles. The van der Waals surface area contributed by atoms with Crippen molar-refractivity contribution in [2.45, 2.75) is 19.4 Å². The minimum Gasteiger partial charge on any atom is -0.352 e. The standard InChI is InChI=1S/C22H20ClN3O2/c23-19-8-3-16(4-9-19)7-12-21(27)25-14-17-5-10-20(11-6-17)26-22(28)18-2-1-13-24-15-18/h1-6,8-11,13,15H,7,12,14H2,(H,25,27)(H,26,28). The first-order chi connectivity index (χ1) is 13.6. The topological polar surface area (TPSA) is 71.1 Å². The quantitative estimate of drug-likeness (QED) is 0.630. The van der Waals surface area contributed by atoms with Crippen molar-refractivity contribution in [3.63, 3.8) is 0 Å². The van der Waals surface area contributed by atoms with Crippen LogP contribution in [0.1, 0.15) is 27.9 Å². The van der Waals surface area contributed by atoms with E-state index in [-0.39, 0.29) is 11.8 Å². The summed E-state index contributed by atoms with van der Waals surface area (Å²) >= 11 is 5.86. The van der Waals surface area contributed by atoms with Gasteiger partial charge in [0.2, 0.25) is 5.91 Å². The highest BCUT2D eigenvalue weighted by atomic mass is 35.5. The average Bonchev–Trinajstić information content (AvgIpc) is 2.73. The van der Waals surface area contributed by atoms with E-state index in [9.17, 15) is 9.59 Å². The Hall–Kier alpha value is -3.18. The summed E-state index contributed by atoms with van der Waals surface area (Å²) in [6, 6.07) is 18.3. The largest absolute Gasteiger partial charge is 0.352 e. The number of halogens is 1. The van der Waals surface area contributed by atoms with Crippen molar-refractivity contribution in [3.05, 3.63) is 94.8 Å². The Morgan fingerprint density at radius 3 is 2.32 bits per heavy atom. The summed E-state index contributed by atoms with van der Waals surface area (Å²) in [5, 5.41) is 6.41. The molecule has 0 aliphatic carbocycles. The first-order valence-corrected chi connectivity index (χ1v) is 9.29. The molecule has 1 heterocycles. The highest BCUT2D eigenvalue weighted by Crippen LogP contribution is 2.12. The number of carbonyl (C=O) groups excluding carboxylic acids is 2. The van der Waals surface area contributed by atoms with Crippen LogP contribution in [-0.4, -0.2) is 16.8 Å². The molecule has 28 heavy (non-hydrogen) atoms. The molecule has 2 amide bonds. The lowest BCUT2D eigenvalue weighted by Crippen LogP contribution is -2.23. The maximum Gasteiger partial charge on any atom is 0.257 e. The number of aromatic nitrogens is 1. The Morgan fingerprint density at radius 2 is 1.64 bits per heavy atom. The van der Waals surface area contributed by atoms with E-state index in [1.165, 1.54) is 6.20 Å². The summed E-state index contributed by atoms with van der Waals surface area (Å²) in [5.74, 6) is -0.222. The second-order valence-corrected chi connectivity index (χ2v) is 6.73. The van der Waals surface area contributed by atoms with E-state index in [0.29, 0.717) is 35.7 Å². The fourth-order valence-electron chi connectivity index (χ4n) is 2.60. The van der Waals surface area contributed by atoms with E-state index < -0.39 is 0 Å². The van der Waals surface area contributed by atoms with Crippen molar-refractivity contribution in [3.8, 4) is 0 Å². The van der Waals surface area contributed by atoms with Gasteiger partial charge in [0.25, 0.3) is 5.91 Å². The lowest BCUT2D eigenvalue weighted by atomic mass is 10.1. The first-order valence-electron chi connectivity index (χ1n) is 8.91. The van der Waals surface area contributed by atoms with E-state index in [1.54, 1.807) is 18.3 Å². The molecule has 0 atom stereocenters. The maximum atomic E-state index is 12.1. The summed E-state index contributed by atoms with van der Waals surface area (Å²) in [6.45, 7) is 0.441. The number of hydrogen-bond acceptors (Lipinski definition) is 3. The van der Waals surface area contributed by atoms with Crippen molar-refractivity contribution in [1.82, 2.24) is 10.3 Å². The number of benzene rings is 2. The second-order valence-electron chi connectivity index (χ2n) is 6.30. The molecule has 2 aromatic carbocycles. The Bertz CT molecular complexity index is 926. The van der Waals surface area contributed by atoms with Gasteiger partial charge in [-0.1, -0.05) is 35.9 Å². The van der Waals surface area contributed by atoms with Crippen molar-refractivity contribution in [2.24, 2.45) is 0 Å². The molecule has 0 spiro atoms. The SMILES string of the molecule is O=C(CCc1ccc(Cl)cc1)NCc1ccc(NC(=O)c2cccnc2)cc1. The minimum atomic E-state index is -0.212. The molecule has 0 fully saturated rings. The van der Waals surface area contributed by atoms with Gasteiger partial charge in [-0.25, -0.2) is 0 Å². The lowest BCUT2D eigenvalue weighted by Gasteiger charge is -2.08. The van der Waals surface area contributed by atoms with Crippen LogP contribution in [0.25, 0.3) is 0 Å². The van der Waals surface area contributed by atoms with Crippen molar-refractivity contribution in [1.29, 1.82) is 0 Å². The third-order valence-corrected chi connectivity index (χ3v) is 4.43. The average molecular weight is 394 g/mol. The number of aryl methyl sites for hydroxylation is 1. The van der Waals surface area contributed by atoms with Crippen LogP contribution in [0.5, 0.6) is 0 Å². The maximum absolute atomic E-state index is 12.1. The first kappa shape index (κ1) is 19.6. The van der Waals surface area contributed by atoms with E-state index in [1.807, 2.05) is 48.5 Å². The second kappa shape index (κ2) is 9.67. The minimum absolute atomic E-state index is 0.0103. The van der Waals surface area contributed by atoms with Crippen LogP contribution in [0.4, 0.5) is 5.69 Å². The van der Waals surface area contributed by atoms with Gasteiger partial charge in [-0.3, -0.25) is 14.6 Å². The summed E-state index contributed by atoms with van der Waals surface area (Å²) in [5.41, 5.74) is 3.22. The predicted octanol–water partition coefficient (Wildman–Crippen LogP) is 4.24. The molecule has 6 heteroatoms. The Balaban J connectivity index is 1.44. The zero-order valence-electron chi connectivity index (χ0n) is 15.2. The van der Waals surface area contributed by atoms with E-state index in [2.05, 4.69) is 15.6 Å². The van der Waals surface area contributed by atoms with Crippen molar-refractivity contribution in [2.75, 3.05) is 5.32 Å². The number of rotatable bonds is 7. The van der Waals surface area contributed by atoms with Gasteiger partial charge in [-0.05, 0) is 53.9 Å². The summed E-state index contributed by atoms with van der Waals surface area (Å²) in [6.07, 6.45) is 4.22. The van der Waals surface area contributed by atoms with Crippen molar-refractivity contribution >= 4 is 29.1 Å². The van der Waals surface area contributed by atoms with Crippen LogP contribution >= 0.6 is 11.6 Å². The van der Waals surface area contributed by atoms with Crippen LogP contribution in [0.2, 0.25) is 5.02 Å². The third-order valence-electron chi connectivity index (χ3n) is 4.18. The zero-order valence-corrected chi connectivity index (χ0v) is 15.9. The number of nitrogens with one attached hydrogen (secondary N) is 2. The molecule has 1 aromatic heterocycles. The molecule has 3 aromatic rings. The van der Waals surface area contributed by atoms with Gasteiger partial charge in [-0.2, -0.15) is 0 Å². The normalized spacial score (nSPS) is 10.3. The molecule has 3 rings (SSSR count). The molecule has 0 radical (unpaired) electrons. The lowest BCUT2D eigenvalue weighted by molar-refractivity contribution is -0.121. The van der Waals surface area contributed by atoms with E-state index in [4.69, 9.17) is 11.6 Å². The van der Waals surface area contributed by atoms with E-state index >= 15 is 0 Å². The van der Waals surface area contributed by atoms with Crippen LogP contribution < -0.4 is 10.6 Å². The number of nitrogens with zero attached hydrogens (tertiary/aromatic N) is 1. The Labute approximate surface area is 168 Å². The highest BCUT2D eigenvalue weighted by Gasteiger charge is 2.06. The van der Waals surface area contributed by atoms with Gasteiger partial charge in [0.1, 0.15) is 0 Å². The molecule has 142 valence electrons. The zero-order chi connectivity index (χ0) is 19.8. The Morgan fingerprint density at radius 1 is 0.929 bits per heavy atom. The van der Waals surface area contributed by atoms with Crippen LogP contribution in [0, 0.1) is 0 Å². The summed E-state index contributed by atoms with van der Waals surface area (Å²) < 4.78 is 0. The molecule has 0 bridgehead atoms. The molecule has 2 N–H and O–H groups in total. The van der Waals surface area contributed by atoms with Gasteiger partial charge >= 0.3 is 0 Å². The fraction of sp³-hybridized carbons (Fsp3) is 0.136. The summed E-state index contributed by atoms with van der Waals surface area (Å²) in [7, 11) is 0. The molecule has 0 unspecified atom stereocenters. The smallest absolute Gasteiger partial charge is 0.257 e. The van der Waals surface area contributed by atoms with Gasteiger partial charge < -0.3 is 10.6 Å². The van der Waals surface area contributed by atoms with Crippen LogP contribution in [0.3, 0.4) is 0 Å². The molecule has 0 aliphatic rings. The Kier molecular flexibility index (Phi) is 6.76. The number of amides is 2. The fourth-order valence-corrected chi connectivity index (χ4v) is 2.73. The van der Waals surface area contributed by atoms with Crippen LogP contribution in [0.15, 0.2) is 73.1 Å². The van der Waals surface area contributed by atoms with Crippen molar-refractivity contribution < 1.29 is 9.59 Å². The van der Waals surface area contributed by atoms with Gasteiger partial charge in [-0.15, -0.1) is 0 Å².